The van der Waals surface area contributed by atoms with Crippen molar-refractivity contribution in [3.8, 4) is 17.1 Å². The average Bonchev–Trinajstić information content (AvgIpc) is 3.14. The molecule has 0 amide bonds. The molecule has 0 saturated carbocycles. The van der Waals surface area contributed by atoms with Crippen LogP contribution in [-0.2, 0) is 6.42 Å². The number of ether oxygens (including phenoxy) is 1. The number of anilines is 2. The third kappa shape index (κ3) is 4.43. The third-order valence-corrected chi connectivity index (χ3v) is 4.48. The van der Waals surface area contributed by atoms with Crippen LogP contribution >= 0.6 is 0 Å². The molecule has 2 aromatic carbocycles. The fourth-order valence-corrected chi connectivity index (χ4v) is 3.17. The molecule has 0 unspecified atom stereocenters. The summed E-state index contributed by atoms with van der Waals surface area (Å²) in [5.74, 6) is 2.52. The fraction of sp³-hybridized carbons (Fsp3) is 0.174. The standard InChI is InChI=1S/C23H22N4O2/c1-15-11-19(12-17-7-5-4-6-8-17)27-23(25-15)26-18-9-10-20(21(13-18)28-3)22-14-24-16(2)29-22/h4-11,13-14H,12H2,1-3H3,(H,25,26,27). The Morgan fingerprint density at radius 3 is 2.55 bits per heavy atom. The highest BCUT2D eigenvalue weighted by Crippen LogP contribution is 2.33. The molecule has 0 bridgehead atoms. The summed E-state index contributed by atoms with van der Waals surface area (Å²) < 4.78 is 11.2. The van der Waals surface area contributed by atoms with Gasteiger partial charge in [-0.05, 0) is 30.7 Å². The van der Waals surface area contributed by atoms with Crippen LogP contribution in [0.3, 0.4) is 0 Å². The monoisotopic (exact) mass is 386 g/mol. The Balaban J connectivity index is 1.59. The summed E-state index contributed by atoms with van der Waals surface area (Å²) in [6, 6.07) is 18.1. The van der Waals surface area contributed by atoms with Crippen LogP contribution < -0.4 is 10.1 Å². The number of hydrogen-bond acceptors (Lipinski definition) is 6. The van der Waals surface area contributed by atoms with E-state index in [0.717, 1.165) is 29.1 Å². The lowest BCUT2D eigenvalue weighted by Crippen LogP contribution is -2.03. The molecule has 0 spiro atoms. The van der Waals surface area contributed by atoms with Crippen molar-refractivity contribution >= 4 is 11.6 Å². The Bertz CT molecular complexity index is 1120. The van der Waals surface area contributed by atoms with Gasteiger partial charge in [0.05, 0.1) is 24.6 Å². The zero-order chi connectivity index (χ0) is 20.2. The molecule has 4 aromatic rings. The SMILES string of the molecule is COc1cc(Nc2nc(C)cc(Cc3ccccc3)n2)ccc1-c1cnc(C)o1. The molecule has 6 heteroatoms. The van der Waals surface area contributed by atoms with E-state index in [1.54, 1.807) is 13.3 Å². The lowest BCUT2D eigenvalue weighted by atomic mass is 10.1. The summed E-state index contributed by atoms with van der Waals surface area (Å²) in [7, 11) is 1.63. The first-order valence-corrected chi connectivity index (χ1v) is 9.37. The summed E-state index contributed by atoms with van der Waals surface area (Å²) in [5, 5.41) is 3.28. The molecule has 0 aliphatic carbocycles. The lowest BCUT2D eigenvalue weighted by Gasteiger charge is -2.11. The number of aromatic nitrogens is 3. The zero-order valence-electron chi connectivity index (χ0n) is 16.6. The zero-order valence-corrected chi connectivity index (χ0v) is 16.6. The van der Waals surface area contributed by atoms with Crippen LogP contribution in [0.5, 0.6) is 5.75 Å². The molecule has 146 valence electrons. The minimum Gasteiger partial charge on any atom is -0.496 e. The molecule has 0 fully saturated rings. The Morgan fingerprint density at radius 1 is 1.00 bits per heavy atom. The quantitative estimate of drug-likeness (QED) is 0.497. The number of oxazole rings is 1. The molecule has 2 aromatic heterocycles. The summed E-state index contributed by atoms with van der Waals surface area (Å²) in [4.78, 5) is 13.3. The molecule has 0 aliphatic heterocycles. The first-order valence-electron chi connectivity index (χ1n) is 9.37. The van der Waals surface area contributed by atoms with E-state index in [9.17, 15) is 0 Å². The number of nitrogens with zero attached hydrogens (tertiary/aromatic N) is 3. The number of aryl methyl sites for hydroxylation is 2. The predicted molar refractivity (Wildman–Crippen MR) is 113 cm³/mol. The Labute approximate surface area is 169 Å². The maximum atomic E-state index is 5.62. The van der Waals surface area contributed by atoms with E-state index in [2.05, 4.69) is 32.4 Å². The van der Waals surface area contributed by atoms with Crippen LogP contribution in [-0.4, -0.2) is 22.1 Å². The summed E-state index contributed by atoms with van der Waals surface area (Å²) in [6.07, 6.45) is 2.45. The maximum absolute atomic E-state index is 5.62. The molecule has 1 N–H and O–H groups in total. The number of nitrogens with one attached hydrogen (secondary N) is 1. The van der Waals surface area contributed by atoms with Crippen LogP contribution in [0.4, 0.5) is 11.6 Å². The average molecular weight is 386 g/mol. The normalized spacial score (nSPS) is 10.7. The number of rotatable bonds is 6. The molecule has 29 heavy (non-hydrogen) atoms. The van der Waals surface area contributed by atoms with Gasteiger partial charge in [-0.25, -0.2) is 15.0 Å². The van der Waals surface area contributed by atoms with E-state index < -0.39 is 0 Å². The van der Waals surface area contributed by atoms with Crippen LogP contribution in [0.1, 0.15) is 22.8 Å². The Hall–Kier alpha value is -3.67. The van der Waals surface area contributed by atoms with Crippen LogP contribution in [0, 0.1) is 13.8 Å². The van der Waals surface area contributed by atoms with E-state index in [-0.39, 0.29) is 0 Å². The van der Waals surface area contributed by atoms with E-state index in [1.165, 1.54) is 5.56 Å². The van der Waals surface area contributed by atoms with E-state index in [1.807, 2.05) is 56.3 Å². The van der Waals surface area contributed by atoms with Gasteiger partial charge in [-0.2, -0.15) is 0 Å². The molecular formula is C23H22N4O2. The largest absolute Gasteiger partial charge is 0.496 e. The van der Waals surface area contributed by atoms with Gasteiger partial charge in [0.1, 0.15) is 5.75 Å². The van der Waals surface area contributed by atoms with E-state index in [4.69, 9.17) is 9.15 Å². The van der Waals surface area contributed by atoms with Crippen molar-refractivity contribution < 1.29 is 9.15 Å². The Morgan fingerprint density at radius 2 is 1.83 bits per heavy atom. The highest BCUT2D eigenvalue weighted by Gasteiger charge is 2.12. The summed E-state index contributed by atoms with van der Waals surface area (Å²) in [5.41, 5.74) is 4.76. The number of methoxy groups -OCH3 is 1. The van der Waals surface area contributed by atoms with Crippen molar-refractivity contribution in [1.29, 1.82) is 0 Å². The molecule has 0 aliphatic rings. The van der Waals surface area contributed by atoms with Crippen LogP contribution in [0.15, 0.2) is 65.2 Å². The van der Waals surface area contributed by atoms with Gasteiger partial charge in [-0.1, -0.05) is 30.3 Å². The van der Waals surface area contributed by atoms with Gasteiger partial charge in [0.15, 0.2) is 11.7 Å². The highest BCUT2D eigenvalue weighted by atomic mass is 16.5. The van der Waals surface area contributed by atoms with E-state index >= 15 is 0 Å². The van der Waals surface area contributed by atoms with Gasteiger partial charge in [-0.15, -0.1) is 0 Å². The number of benzene rings is 2. The summed E-state index contributed by atoms with van der Waals surface area (Å²) in [6.45, 7) is 3.78. The second-order valence-electron chi connectivity index (χ2n) is 6.77. The highest BCUT2D eigenvalue weighted by molar-refractivity contribution is 5.70. The molecule has 2 heterocycles. The minimum absolute atomic E-state index is 0.557. The number of hydrogen-bond donors (Lipinski definition) is 1. The van der Waals surface area contributed by atoms with Gasteiger partial charge in [-0.3, -0.25) is 0 Å². The third-order valence-electron chi connectivity index (χ3n) is 4.48. The van der Waals surface area contributed by atoms with Crippen molar-refractivity contribution in [1.82, 2.24) is 15.0 Å². The predicted octanol–water partition coefficient (Wildman–Crippen LogP) is 5.09. The van der Waals surface area contributed by atoms with Crippen LogP contribution in [0.25, 0.3) is 11.3 Å². The molecule has 0 radical (unpaired) electrons. The Kier molecular flexibility index (Phi) is 5.24. The van der Waals surface area contributed by atoms with E-state index in [0.29, 0.717) is 23.3 Å². The second kappa shape index (κ2) is 8.14. The van der Waals surface area contributed by atoms with Crippen molar-refractivity contribution in [2.24, 2.45) is 0 Å². The second-order valence-corrected chi connectivity index (χ2v) is 6.77. The van der Waals surface area contributed by atoms with Gasteiger partial charge in [0.2, 0.25) is 5.95 Å². The van der Waals surface area contributed by atoms with Crippen molar-refractivity contribution in [3.63, 3.8) is 0 Å². The van der Waals surface area contributed by atoms with Gasteiger partial charge in [0.25, 0.3) is 0 Å². The lowest BCUT2D eigenvalue weighted by molar-refractivity contribution is 0.414. The minimum atomic E-state index is 0.557. The van der Waals surface area contributed by atoms with Crippen molar-refractivity contribution in [2.45, 2.75) is 20.3 Å². The summed E-state index contributed by atoms with van der Waals surface area (Å²) >= 11 is 0. The smallest absolute Gasteiger partial charge is 0.227 e. The van der Waals surface area contributed by atoms with Crippen LogP contribution in [0.2, 0.25) is 0 Å². The van der Waals surface area contributed by atoms with Crippen molar-refractivity contribution in [3.05, 3.63) is 83.6 Å². The first kappa shape index (κ1) is 18.7. The first-order chi connectivity index (χ1) is 14.1. The molecule has 0 saturated heterocycles. The molecular weight excluding hydrogens is 364 g/mol. The van der Waals surface area contributed by atoms with Crippen molar-refractivity contribution in [2.75, 3.05) is 12.4 Å². The molecule has 6 nitrogen and oxygen atoms in total. The van der Waals surface area contributed by atoms with Gasteiger partial charge < -0.3 is 14.5 Å². The fourth-order valence-electron chi connectivity index (χ4n) is 3.17. The maximum Gasteiger partial charge on any atom is 0.227 e. The molecule has 0 atom stereocenters. The van der Waals surface area contributed by atoms with Gasteiger partial charge in [0, 0.05) is 30.8 Å². The topological polar surface area (TPSA) is 73.1 Å². The van der Waals surface area contributed by atoms with Gasteiger partial charge >= 0.3 is 0 Å². The molecule has 4 rings (SSSR count).